The Morgan fingerprint density at radius 2 is 2.18 bits per heavy atom. The molecule has 3 heteroatoms. The molecule has 3 nitrogen and oxygen atoms in total. The fraction of sp³-hybridized carbons (Fsp3) is 0.714. The summed E-state index contributed by atoms with van der Waals surface area (Å²) in [4.78, 5) is 0. The van der Waals surface area contributed by atoms with Crippen molar-refractivity contribution >= 4 is 0 Å². The van der Waals surface area contributed by atoms with Crippen molar-refractivity contribution in [1.82, 2.24) is 5.32 Å². The van der Waals surface area contributed by atoms with E-state index in [1.807, 2.05) is 0 Å². The molecule has 0 amide bonds. The van der Waals surface area contributed by atoms with Gasteiger partial charge in [0.2, 0.25) is 0 Å². The third-order valence-electron chi connectivity index (χ3n) is 2.48. The van der Waals surface area contributed by atoms with Crippen molar-refractivity contribution in [1.29, 1.82) is 0 Å². The lowest BCUT2D eigenvalue weighted by molar-refractivity contribution is 0.0837. The molecule has 0 aliphatic carbocycles. The van der Waals surface area contributed by atoms with Gasteiger partial charge in [0.1, 0.15) is 18.1 Å². The van der Waals surface area contributed by atoms with Gasteiger partial charge in [-0.3, -0.25) is 0 Å². The van der Waals surface area contributed by atoms with Crippen LogP contribution in [0, 0.1) is 12.8 Å². The van der Waals surface area contributed by atoms with Gasteiger partial charge in [0.15, 0.2) is 0 Å². The zero-order chi connectivity index (χ0) is 12.7. The summed E-state index contributed by atoms with van der Waals surface area (Å²) < 4.78 is 11.3. The highest BCUT2D eigenvalue weighted by atomic mass is 16.5. The molecule has 1 aromatic heterocycles. The van der Waals surface area contributed by atoms with Crippen molar-refractivity contribution < 1.29 is 9.15 Å². The first kappa shape index (κ1) is 14.3. The van der Waals surface area contributed by atoms with Gasteiger partial charge in [-0.05, 0) is 37.4 Å². The molecule has 98 valence electrons. The maximum Gasteiger partial charge on any atom is 0.130 e. The Morgan fingerprint density at radius 3 is 2.82 bits per heavy atom. The van der Waals surface area contributed by atoms with E-state index in [1.54, 1.807) is 0 Å². The van der Waals surface area contributed by atoms with E-state index < -0.39 is 0 Å². The second-order valence-electron chi connectivity index (χ2n) is 4.90. The first-order chi connectivity index (χ1) is 8.13. The van der Waals surface area contributed by atoms with Gasteiger partial charge < -0.3 is 14.5 Å². The predicted molar refractivity (Wildman–Crippen MR) is 69.9 cm³/mol. The van der Waals surface area contributed by atoms with E-state index in [9.17, 15) is 0 Å². The lowest BCUT2D eigenvalue weighted by Gasteiger charge is -2.04. The molecule has 0 radical (unpaired) electrons. The molecule has 17 heavy (non-hydrogen) atoms. The summed E-state index contributed by atoms with van der Waals surface area (Å²) in [5.74, 6) is 2.52. The zero-order valence-corrected chi connectivity index (χ0v) is 11.5. The quantitative estimate of drug-likeness (QED) is 0.707. The van der Waals surface area contributed by atoms with E-state index in [0.29, 0.717) is 12.5 Å². The molecule has 1 heterocycles. The van der Waals surface area contributed by atoms with Crippen molar-refractivity contribution in [2.24, 2.45) is 5.92 Å². The van der Waals surface area contributed by atoms with E-state index in [4.69, 9.17) is 9.15 Å². The van der Waals surface area contributed by atoms with Gasteiger partial charge in [-0.25, -0.2) is 0 Å². The highest BCUT2D eigenvalue weighted by Crippen LogP contribution is 2.15. The third kappa shape index (κ3) is 5.37. The third-order valence-corrected chi connectivity index (χ3v) is 2.48. The van der Waals surface area contributed by atoms with Crippen LogP contribution < -0.4 is 5.32 Å². The lowest BCUT2D eigenvalue weighted by atomic mass is 10.2. The normalized spacial score (nSPS) is 11.4. The average molecular weight is 239 g/mol. The van der Waals surface area contributed by atoms with Crippen LogP contribution in [0.1, 0.15) is 44.3 Å². The standard InChI is InChI=1S/C14H25NO2/c1-5-6-15-8-14-12(4)7-13(17-14)10-16-9-11(2)3/h7,11,15H,5-6,8-10H2,1-4H3. The second kappa shape index (κ2) is 7.51. The summed E-state index contributed by atoms with van der Waals surface area (Å²) in [5, 5.41) is 3.35. The van der Waals surface area contributed by atoms with Gasteiger partial charge in [-0.2, -0.15) is 0 Å². The van der Waals surface area contributed by atoms with Crippen LogP contribution in [0.15, 0.2) is 10.5 Å². The number of hydrogen-bond acceptors (Lipinski definition) is 3. The van der Waals surface area contributed by atoms with E-state index in [1.165, 1.54) is 5.56 Å². The average Bonchev–Trinajstić information content (AvgIpc) is 2.59. The Balaban J connectivity index is 2.38. The number of furan rings is 1. The van der Waals surface area contributed by atoms with E-state index in [2.05, 4.69) is 39.1 Å². The van der Waals surface area contributed by atoms with E-state index in [-0.39, 0.29) is 0 Å². The largest absolute Gasteiger partial charge is 0.462 e. The fourth-order valence-electron chi connectivity index (χ4n) is 1.61. The fourth-order valence-corrected chi connectivity index (χ4v) is 1.61. The number of aryl methyl sites for hydroxylation is 1. The van der Waals surface area contributed by atoms with E-state index >= 15 is 0 Å². The molecule has 0 aliphatic heterocycles. The minimum absolute atomic E-state index is 0.566. The van der Waals surface area contributed by atoms with Gasteiger partial charge in [-0.15, -0.1) is 0 Å². The molecule has 0 atom stereocenters. The summed E-state index contributed by atoms with van der Waals surface area (Å²) in [6.45, 7) is 11.7. The summed E-state index contributed by atoms with van der Waals surface area (Å²) in [6.07, 6.45) is 1.14. The Hall–Kier alpha value is -0.800. The van der Waals surface area contributed by atoms with Crippen molar-refractivity contribution in [3.05, 3.63) is 23.2 Å². The summed E-state index contributed by atoms with van der Waals surface area (Å²) in [5.41, 5.74) is 1.21. The predicted octanol–water partition coefficient (Wildman–Crippen LogP) is 3.26. The van der Waals surface area contributed by atoms with Crippen LogP contribution in [0.25, 0.3) is 0 Å². The molecule has 0 spiro atoms. The lowest BCUT2D eigenvalue weighted by Crippen LogP contribution is -2.13. The summed E-state index contributed by atoms with van der Waals surface area (Å²) in [7, 11) is 0. The Kier molecular flexibility index (Phi) is 6.30. The van der Waals surface area contributed by atoms with Crippen LogP contribution in [-0.4, -0.2) is 13.2 Å². The van der Waals surface area contributed by atoms with Gasteiger partial charge in [0.05, 0.1) is 6.54 Å². The Bertz CT molecular complexity index is 318. The topological polar surface area (TPSA) is 34.4 Å². The molecule has 0 aromatic carbocycles. The molecule has 0 saturated heterocycles. The van der Waals surface area contributed by atoms with Crippen LogP contribution >= 0.6 is 0 Å². The first-order valence-corrected chi connectivity index (χ1v) is 6.50. The van der Waals surface area contributed by atoms with Crippen LogP contribution in [0.5, 0.6) is 0 Å². The van der Waals surface area contributed by atoms with Crippen LogP contribution in [0.3, 0.4) is 0 Å². The minimum Gasteiger partial charge on any atom is -0.462 e. The van der Waals surface area contributed by atoms with E-state index in [0.717, 1.165) is 37.6 Å². The molecule has 0 fully saturated rings. The molecule has 0 saturated carbocycles. The molecule has 1 aromatic rings. The molecular weight excluding hydrogens is 214 g/mol. The van der Waals surface area contributed by atoms with Crippen molar-refractivity contribution in [3.8, 4) is 0 Å². The minimum atomic E-state index is 0.566. The smallest absolute Gasteiger partial charge is 0.130 e. The highest BCUT2D eigenvalue weighted by molar-refractivity contribution is 5.19. The SMILES string of the molecule is CCCNCc1oc(COCC(C)C)cc1C. The molecular formula is C14H25NO2. The van der Waals surface area contributed by atoms with Gasteiger partial charge in [0, 0.05) is 6.61 Å². The monoisotopic (exact) mass is 239 g/mol. The number of ether oxygens (including phenoxy) is 1. The molecule has 1 N–H and O–H groups in total. The van der Waals surface area contributed by atoms with Crippen molar-refractivity contribution in [2.45, 2.75) is 47.3 Å². The summed E-state index contributed by atoms with van der Waals surface area (Å²) >= 11 is 0. The van der Waals surface area contributed by atoms with Gasteiger partial charge in [-0.1, -0.05) is 20.8 Å². The van der Waals surface area contributed by atoms with Crippen LogP contribution in [0.4, 0.5) is 0 Å². The number of rotatable bonds is 8. The first-order valence-electron chi connectivity index (χ1n) is 6.50. The van der Waals surface area contributed by atoms with Gasteiger partial charge >= 0.3 is 0 Å². The molecule has 0 unspecified atom stereocenters. The van der Waals surface area contributed by atoms with Crippen molar-refractivity contribution in [3.63, 3.8) is 0 Å². The number of hydrogen-bond donors (Lipinski definition) is 1. The van der Waals surface area contributed by atoms with Gasteiger partial charge in [0.25, 0.3) is 0 Å². The van der Waals surface area contributed by atoms with Crippen molar-refractivity contribution in [2.75, 3.05) is 13.2 Å². The Labute approximate surface area is 105 Å². The van der Waals surface area contributed by atoms with Crippen LogP contribution in [0.2, 0.25) is 0 Å². The second-order valence-corrected chi connectivity index (χ2v) is 4.90. The zero-order valence-electron chi connectivity index (χ0n) is 11.5. The molecule has 1 rings (SSSR count). The number of nitrogens with one attached hydrogen (secondary N) is 1. The maximum atomic E-state index is 5.76. The summed E-state index contributed by atoms with van der Waals surface area (Å²) in [6, 6.07) is 2.07. The Morgan fingerprint density at radius 1 is 1.41 bits per heavy atom. The van der Waals surface area contributed by atoms with Crippen LogP contribution in [-0.2, 0) is 17.9 Å². The highest BCUT2D eigenvalue weighted by Gasteiger charge is 2.07. The molecule has 0 aliphatic rings. The molecule has 0 bridgehead atoms. The maximum absolute atomic E-state index is 5.76.